The van der Waals surface area contributed by atoms with Crippen molar-refractivity contribution in [1.29, 1.82) is 0 Å². The van der Waals surface area contributed by atoms with Crippen molar-refractivity contribution in [2.45, 2.75) is 33.2 Å². The van der Waals surface area contributed by atoms with Crippen molar-refractivity contribution in [2.24, 2.45) is 4.99 Å². The molecule has 0 aliphatic heterocycles. The average Bonchev–Trinajstić information content (AvgIpc) is 2.64. The van der Waals surface area contributed by atoms with Crippen molar-refractivity contribution >= 4 is 5.96 Å². The third-order valence-electron chi connectivity index (χ3n) is 3.96. The van der Waals surface area contributed by atoms with Gasteiger partial charge in [0.1, 0.15) is 0 Å². The van der Waals surface area contributed by atoms with E-state index >= 15 is 0 Å². The molecule has 0 fully saturated rings. The Morgan fingerprint density at radius 3 is 2.60 bits per heavy atom. The summed E-state index contributed by atoms with van der Waals surface area (Å²) in [5, 5.41) is 6.69. The fraction of sp³-hybridized carbons (Fsp3) is 0.400. The molecule has 25 heavy (non-hydrogen) atoms. The molecule has 0 saturated heterocycles. The lowest BCUT2D eigenvalue weighted by molar-refractivity contribution is 0.396. The Kier molecular flexibility index (Phi) is 7.26. The highest BCUT2D eigenvalue weighted by Crippen LogP contribution is 2.14. The van der Waals surface area contributed by atoms with Crippen molar-refractivity contribution in [2.75, 3.05) is 20.2 Å². The normalized spacial score (nSPS) is 12.6. The van der Waals surface area contributed by atoms with E-state index in [0.29, 0.717) is 18.3 Å². The smallest absolute Gasteiger partial charge is 0.213 e. The van der Waals surface area contributed by atoms with Crippen LogP contribution in [0.3, 0.4) is 0 Å². The van der Waals surface area contributed by atoms with Gasteiger partial charge in [-0.3, -0.25) is 0 Å². The van der Waals surface area contributed by atoms with Crippen LogP contribution in [0.5, 0.6) is 5.88 Å². The topological polar surface area (TPSA) is 58.5 Å². The lowest BCUT2D eigenvalue weighted by Crippen LogP contribution is -2.39. The second kappa shape index (κ2) is 9.67. The van der Waals surface area contributed by atoms with E-state index in [1.165, 1.54) is 11.1 Å². The molecule has 0 aliphatic carbocycles. The summed E-state index contributed by atoms with van der Waals surface area (Å²) in [6.45, 7) is 8.52. The Bertz CT molecular complexity index is 682. The number of rotatable bonds is 7. The van der Waals surface area contributed by atoms with Gasteiger partial charge in [0.2, 0.25) is 5.88 Å². The maximum atomic E-state index is 5.15. The molecule has 0 bridgehead atoms. The first-order valence-electron chi connectivity index (χ1n) is 8.71. The van der Waals surface area contributed by atoms with Gasteiger partial charge in [0.15, 0.2) is 5.96 Å². The molecule has 0 amide bonds. The molecule has 1 unspecified atom stereocenters. The number of nitrogens with one attached hydrogen (secondary N) is 2. The number of aliphatic imine (C=N–C) groups is 1. The number of guanidine groups is 1. The SMILES string of the molecule is CCNC(=NCc1cccc(OC)n1)NCC(C)c1ccc(C)cc1. The first-order valence-corrected chi connectivity index (χ1v) is 8.71. The van der Waals surface area contributed by atoms with Crippen LogP contribution in [0.1, 0.15) is 36.6 Å². The predicted octanol–water partition coefficient (Wildman–Crippen LogP) is 3.26. The van der Waals surface area contributed by atoms with Crippen LogP contribution in [-0.4, -0.2) is 31.1 Å². The summed E-state index contributed by atoms with van der Waals surface area (Å²) in [5.74, 6) is 1.81. The molecule has 2 rings (SSSR count). The van der Waals surface area contributed by atoms with Crippen LogP contribution in [0.2, 0.25) is 0 Å². The van der Waals surface area contributed by atoms with Crippen LogP contribution in [0.4, 0.5) is 0 Å². The van der Waals surface area contributed by atoms with Crippen molar-refractivity contribution in [3.8, 4) is 5.88 Å². The highest BCUT2D eigenvalue weighted by Gasteiger charge is 2.07. The van der Waals surface area contributed by atoms with Crippen LogP contribution in [-0.2, 0) is 6.54 Å². The van der Waals surface area contributed by atoms with Crippen molar-refractivity contribution in [3.63, 3.8) is 0 Å². The summed E-state index contributed by atoms with van der Waals surface area (Å²) in [6.07, 6.45) is 0. The standard InChI is InChI=1S/C20H28N4O/c1-5-21-20(23-14-18-7-6-8-19(24-18)25-4)22-13-16(3)17-11-9-15(2)10-12-17/h6-12,16H,5,13-14H2,1-4H3,(H2,21,22,23). The van der Waals surface area contributed by atoms with Gasteiger partial charge in [0.25, 0.3) is 0 Å². The Balaban J connectivity index is 1.95. The molecule has 2 N–H and O–H groups in total. The molecule has 0 saturated carbocycles. The first-order chi connectivity index (χ1) is 12.1. The number of benzene rings is 1. The number of pyridine rings is 1. The van der Waals surface area contributed by atoms with E-state index in [0.717, 1.165) is 24.7 Å². The zero-order chi connectivity index (χ0) is 18.1. The maximum absolute atomic E-state index is 5.15. The highest BCUT2D eigenvalue weighted by molar-refractivity contribution is 5.79. The fourth-order valence-electron chi connectivity index (χ4n) is 2.42. The number of hydrogen-bond acceptors (Lipinski definition) is 3. The second-order valence-electron chi connectivity index (χ2n) is 6.06. The average molecular weight is 340 g/mol. The lowest BCUT2D eigenvalue weighted by atomic mass is 10.0. The summed E-state index contributed by atoms with van der Waals surface area (Å²) < 4.78 is 5.15. The van der Waals surface area contributed by atoms with Crippen LogP contribution in [0.15, 0.2) is 47.5 Å². The van der Waals surface area contributed by atoms with E-state index in [4.69, 9.17) is 4.74 Å². The molecule has 5 nitrogen and oxygen atoms in total. The lowest BCUT2D eigenvalue weighted by Gasteiger charge is -2.16. The van der Waals surface area contributed by atoms with Gasteiger partial charge in [0, 0.05) is 19.2 Å². The van der Waals surface area contributed by atoms with Gasteiger partial charge in [0.05, 0.1) is 19.3 Å². The first kappa shape index (κ1) is 18.8. The van der Waals surface area contributed by atoms with E-state index in [-0.39, 0.29) is 0 Å². The Hall–Kier alpha value is -2.56. The van der Waals surface area contributed by atoms with Gasteiger partial charge < -0.3 is 15.4 Å². The summed E-state index contributed by atoms with van der Waals surface area (Å²) in [5.41, 5.74) is 3.48. The van der Waals surface area contributed by atoms with Crippen LogP contribution in [0.25, 0.3) is 0 Å². The van der Waals surface area contributed by atoms with Crippen LogP contribution >= 0.6 is 0 Å². The van der Waals surface area contributed by atoms with Gasteiger partial charge in [-0.25, -0.2) is 9.98 Å². The Labute approximate surface area is 150 Å². The minimum atomic E-state index is 0.402. The zero-order valence-electron chi connectivity index (χ0n) is 15.5. The van der Waals surface area contributed by atoms with Gasteiger partial charge >= 0.3 is 0 Å². The van der Waals surface area contributed by atoms with Crippen molar-refractivity contribution < 1.29 is 4.74 Å². The Morgan fingerprint density at radius 2 is 1.92 bits per heavy atom. The van der Waals surface area contributed by atoms with Crippen LogP contribution in [0, 0.1) is 6.92 Å². The molecule has 0 radical (unpaired) electrons. The summed E-state index contributed by atoms with van der Waals surface area (Å²) in [4.78, 5) is 9.00. The number of methoxy groups -OCH3 is 1. The monoisotopic (exact) mass is 340 g/mol. The molecule has 1 aromatic carbocycles. The molecule has 2 aromatic rings. The summed E-state index contributed by atoms with van der Waals surface area (Å²) in [7, 11) is 1.62. The number of aromatic nitrogens is 1. The maximum Gasteiger partial charge on any atom is 0.213 e. The third kappa shape index (κ3) is 6.10. The van der Waals surface area contributed by atoms with Crippen molar-refractivity contribution in [3.05, 3.63) is 59.3 Å². The molecule has 1 atom stereocenters. The van der Waals surface area contributed by atoms with Crippen LogP contribution < -0.4 is 15.4 Å². The minimum absolute atomic E-state index is 0.402. The summed E-state index contributed by atoms with van der Waals surface area (Å²) >= 11 is 0. The van der Waals surface area contributed by atoms with Crippen molar-refractivity contribution in [1.82, 2.24) is 15.6 Å². The summed E-state index contributed by atoms with van der Waals surface area (Å²) in [6, 6.07) is 14.4. The van der Waals surface area contributed by atoms with Gasteiger partial charge in [-0.1, -0.05) is 42.8 Å². The van der Waals surface area contributed by atoms with E-state index in [9.17, 15) is 0 Å². The molecule has 0 spiro atoms. The molecule has 5 heteroatoms. The third-order valence-corrected chi connectivity index (χ3v) is 3.96. The number of hydrogen-bond donors (Lipinski definition) is 2. The number of nitrogens with zero attached hydrogens (tertiary/aromatic N) is 2. The van der Waals surface area contributed by atoms with E-state index in [2.05, 4.69) is 65.6 Å². The van der Waals surface area contributed by atoms with E-state index in [1.807, 2.05) is 18.2 Å². The molecular weight excluding hydrogens is 312 g/mol. The van der Waals surface area contributed by atoms with Gasteiger partial charge in [-0.2, -0.15) is 0 Å². The fourth-order valence-corrected chi connectivity index (χ4v) is 2.42. The zero-order valence-corrected chi connectivity index (χ0v) is 15.5. The molecule has 0 aliphatic rings. The molecule has 1 heterocycles. The number of ether oxygens (including phenoxy) is 1. The van der Waals surface area contributed by atoms with E-state index < -0.39 is 0 Å². The second-order valence-corrected chi connectivity index (χ2v) is 6.06. The predicted molar refractivity (Wildman–Crippen MR) is 103 cm³/mol. The quantitative estimate of drug-likeness (QED) is 0.600. The van der Waals surface area contributed by atoms with Gasteiger partial charge in [-0.15, -0.1) is 0 Å². The van der Waals surface area contributed by atoms with Gasteiger partial charge in [-0.05, 0) is 31.4 Å². The molecule has 1 aromatic heterocycles. The highest BCUT2D eigenvalue weighted by atomic mass is 16.5. The largest absolute Gasteiger partial charge is 0.481 e. The molecular formula is C20H28N4O. The number of aryl methyl sites for hydroxylation is 1. The van der Waals surface area contributed by atoms with E-state index in [1.54, 1.807) is 7.11 Å². The Morgan fingerprint density at radius 1 is 1.16 bits per heavy atom. The molecule has 134 valence electrons. The minimum Gasteiger partial charge on any atom is -0.481 e.